The lowest BCUT2D eigenvalue weighted by Crippen LogP contribution is -2.17. The Morgan fingerprint density at radius 3 is 2.76 bits per heavy atom. The monoisotopic (exact) mass is 422 g/mol. The van der Waals surface area contributed by atoms with Crippen molar-refractivity contribution in [3.8, 4) is 11.5 Å². The molecule has 0 saturated heterocycles. The van der Waals surface area contributed by atoms with Crippen LogP contribution in [0.3, 0.4) is 0 Å². The van der Waals surface area contributed by atoms with E-state index in [0.29, 0.717) is 29.8 Å². The van der Waals surface area contributed by atoms with E-state index < -0.39 is 0 Å². The number of nitrogens with zero attached hydrogens (tertiary/aromatic N) is 1. The molecule has 1 aromatic heterocycles. The van der Waals surface area contributed by atoms with Crippen molar-refractivity contribution in [1.29, 1.82) is 0 Å². The van der Waals surface area contributed by atoms with Crippen molar-refractivity contribution < 1.29 is 14.3 Å². The van der Waals surface area contributed by atoms with E-state index in [1.54, 1.807) is 11.3 Å². The van der Waals surface area contributed by atoms with Gasteiger partial charge in [-0.25, -0.2) is 4.98 Å². The minimum atomic E-state index is -0.0683. The molecule has 0 spiro atoms. The largest absolute Gasteiger partial charge is 0.486 e. The summed E-state index contributed by atoms with van der Waals surface area (Å²) in [6.45, 7) is 1.08. The Balaban J connectivity index is 1.46. The molecule has 1 aliphatic heterocycles. The van der Waals surface area contributed by atoms with Gasteiger partial charge in [-0.05, 0) is 43.4 Å². The summed E-state index contributed by atoms with van der Waals surface area (Å²) in [5.74, 6) is 1.34. The summed E-state index contributed by atoms with van der Waals surface area (Å²) in [4.78, 5) is 18.4. The highest BCUT2D eigenvalue weighted by Crippen LogP contribution is 2.36. The molecule has 1 aliphatic carbocycles. The lowest BCUT2D eigenvalue weighted by molar-refractivity contribution is -0.115. The van der Waals surface area contributed by atoms with Crippen LogP contribution in [0.4, 0.5) is 5.13 Å². The Labute approximate surface area is 158 Å². The van der Waals surface area contributed by atoms with E-state index in [2.05, 4.69) is 26.2 Å². The van der Waals surface area contributed by atoms with E-state index in [0.717, 1.165) is 22.9 Å². The van der Waals surface area contributed by atoms with Gasteiger partial charge >= 0.3 is 0 Å². The molecule has 2 aromatic rings. The number of halogens is 1. The molecule has 7 heteroatoms. The standard InChI is InChI=1S/C18H19BrN2O3S/c19-12-10-15-14(23-6-7-24-15)8-11(12)9-17(22)21-18-20-13-4-2-1-3-5-16(13)25-18/h8,10H,1-7,9H2,(H,20,21,22). The molecule has 25 heavy (non-hydrogen) atoms. The van der Waals surface area contributed by atoms with Crippen LogP contribution in [0.25, 0.3) is 0 Å². The van der Waals surface area contributed by atoms with Gasteiger partial charge in [0.05, 0.1) is 12.1 Å². The first kappa shape index (κ1) is 16.8. The number of ether oxygens (including phenoxy) is 2. The Morgan fingerprint density at radius 2 is 1.92 bits per heavy atom. The number of carbonyl (C=O) groups excluding carboxylic acids is 1. The van der Waals surface area contributed by atoms with Crippen molar-refractivity contribution in [3.05, 3.63) is 32.7 Å². The zero-order chi connectivity index (χ0) is 17.2. The molecule has 2 heterocycles. The summed E-state index contributed by atoms with van der Waals surface area (Å²) in [5.41, 5.74) is 2.04. The molecule has 132 valence electrons. The highest BCUT2D eigenvalue weighted by molar-refractivity contribution is 9.10. The SMILES string of the molecule is O=C(Cc1cc2c(cc1Br)OCCO2)Nc1nc2c(s1)CCCCC2. The molecule has 0 fully saturated rings. The summed E-state index contributed by atoms with van der Waals surface area (Å²) in [6, 6.07) is 3.73. The highest BCUT2D eigenvalue weighted by Gasteiger charge is 2.18. The van der Waals surface area contributed by atoms with Crippen molar-refractivity contribution in [3.63, 3.8) is 0 Å². The maximum Gasteiger partial charge on any atom is 0.230 e. The maximum atomic E-state index is 12.4. The van der Waals surface area contributed by atoms with E-state index in [1.165, 1.54) is 29.8 Å². The first-order chi connectivity index (χ1) is 12.2. The number of nitrogens with one attached hydrogen (secondary N) is 1. The molecule has 5 nitrogen and oxygen atoms in total. The molecular weight excluding hydrogens is 404 g/mol. The third kappa shape index (κ3) is 3.82. The van der Waals surface area contributed by atoms with E-state index in [4.69, 9.17) is 9.47 Å². The van der Waals surface area contributed by atoms with Crippen molar-refractivity contribution in [1.82, 2.24) is 4.98 Å². The Morgan fingerprint density at radius 1 is 1.16 bits per heavy atom. The maximum absolute atomic E-state index is 12.4. The molecule has 0 bridgehead atoms. The zero-order valence-corrected chi connectivity index (χ0v) is 16.2. The van der Waals surface area contributed by atoms with Gasteiger partial charge < -0.3 is 14.8 Å². The van der Waals surface area contributed by atoms with Crippen LogP contribution in [0.2, 0.25) is 0 Å². The molecule has 1 aromatic carbocycles. The van der Waals surface area contributed by atoms with Crippen LogP contribution in [0, 0.1) is 0 Å². The third-order valence-corrected chi connectivity index (χ3v) is 6.22. The fraction of sp³-hybridized carbons (Fsp3) is 0.444. The average molecular weight is 423 g/mol. The van der Waals surface area contributed by atoms with Crippen LogP contribution >= 0.6 is 27.3 Å². The first-order valence-corrected chi connectivity index (χ1v) is 10.2. The smallest absolute Gasteiger partial charge is 0.230 e. The molecule has 0 unspecified atom stereocenters. The number of carbonyl (C=O) groups is 1. The van der Waals surface area contributed by atoms with E-state index in [1.807, 2.05) is 12.1 Å². The van der Waals surface area contributed by atoms with Gasteiger partial charge in [-0.1, -0.05) is 22.4 Å². The summed E-state index contributed by atoms with van der Waals surface area (Å²) in [5, 5.41) is 3.66. The van der Waals surface area contributed by atoms with Crippen LogP contribution in [0.5, 0.6) is 11.5 Å². The highest BCUT2D eigenvalue weighted by atomic mass is 79.9. The van der Waals surface area contributed by atoms with Crippen molar-refractivity contribution in [2.45, 2.75) is 38.5 Å². The molecule has 0 atom stereocenters. The van der Waals surface area contributed by atoms with Gasteiger partial charge in [0, 0.05) is 9.35 Å². The topological polar surface area (TPSA) is 60.5 Å². The fourth-order valence-corrected chi connectivity index (χ4v) is 4.69. The number of anilines is 1. The van der Waals surface area contributed by atoms with Crippen molar-refractivity contribution in [2.75, 3.05) is 18.5 Å². The molecule has 4 rings (SSSR count). The average Bonchev–Trinajstić information content (AvgIpc) is 2.83. The normalized spacial score (nSPS) is 16.0. The van der Waals surface area contributed by atoms with Gasteiger partial charge in [0.25, 0.3) is 0 Å². The predicted octanol–water partition coefficient (Wildman–Crippen LogP) is 4.13. The number of aryl methyl sites for hydroxylation is 2. The first-order valence-electron chi connectivity index (χ1n) is 8.55. The summed E-state index contributed by atoms with van der Waals surface area (Å²) < 4.78 is 12.0. The second-order valence-electron chi connectivity index (χ2n) is 6.26. The molecule has 2 aliphatic rings. The van der Waals surface area contributed by atoms with Crippen LogP contribution in [0.15, 0.2) is 16.6 Å². The Bertz CT molecular complexity index is 782. The fourth-order valence-electron chi connectivity index (χ4n) is 3.16. The Hall–Kier alpha value is -1.60. The zero-order valence-electron chi connectivity index (χ0n) is 13.8. The van der Waals surface area contributed by atoms with Gasteiger partial charge in [-0.3, -0.25) is 4.79 Å². The second kappa shape index (κ2) is 7.33. The van der Waals surface area contributed by atoms with E-state index >= 15 is 0 Å². The minimum Gasteiger partial charge on any atom is -0.486 e. The van der Waals surface area contributed by atoms with Gasteiger partial charge in [-0.15, -0.1) is 11.3 Å². The summed E-state index contributed by atoms with van der Waals surface area (Å²) >= 11 is 5.13. The van der Waals surface area contributed by atoms with Crippen LogP contribution in [0.1, 0.15) is 35.4 Å². The number of rotatable bonds is 3. The number of thiazole rings is 1. The molecular formula is C18H19BrN2O3S. The van der Waals surface area contributed by atoms with Gasteiger partial charge in [0.15, 0.2) is 16.6 Å². The molecule has 1 amide bonds. The van der Waals surface area contributed by atoms with Crippen LogP contribution in [-0.2, 0) is 24.1 Å². The number of hydrogen-bond acceptors (Lipinski definition) is 5. The summed E-state index contributed by atoms with van der Waals surface area (Å²) in [7, 11) is 0. The third-order valence-electron chi connectivity index (χ3n) is 4.40. The van der Waals surface area contributed by atoms with E-state index in [-0.39, 0.29) is 12.3 Å². The number of aromatic nitrogens is 1. The van der Waals surface area contributed by atoms with Crippen LogP contribution in [-0.4, -0.2) is 24.1 Å². The molecule has 0 saturated carbocycles. The van der Waals surface area contributed by atoms with Crippen molar-refractivity contribution in [2.24, 2.45) is 0 Å². The lowest BCUT2D eigenvalue weighted by atomic mass is 10.1. The number of benzene rings is 1. The molecule has 1 N–H and O–H groups in total. The van der Waals surface area contributed by atoms with Crippen LogP contribution < -0.4 is 14.8 Å². The Kier molecular flexibility index (Phi) is 4.94. The van der Waals surface area contributed by atoms with E-state index in [9.17, 15) is 4.79 Å². The van der Waals surface area contributed by atoms with Gasteiger partial charge in [0.1, 0.15) is 13.2 Å². The number of fused-ring (bicyclic) bond motifs is 2. The lowest BCUT2D eigenvalue weighted by Gasteiger charge is -2.19. The second-order valence-corrected chi connectivity index (χ2v) is 8.20. The van der Waals surface area contributed by atoms with Gasteiger partial charge in [-0.2, -0.15) is 0 Å². The predicted molar refractivity (Wildman–Crippen MR) is 101 cm³/mol. The quantitative estimate of drug-likeness (QED) is 0.755. The number of hydrogen-bond donors (Lipinski definition) is 1. The summed E-state index contributed by atoms with van der Waals surface area (Å²) in [6.07, 6.45) is 6.04. The minimum absolute atomic E-state index is 0.0683. The van der Waals surface area contributed by atoms with Gasteiger partial charge in [0.2, 0.25) is 5.91 Å². The van der Waals surface area contributed by atoms with Crippen molar-refractivity contribution >= 4 is 38.3 Å². The number of amides is 1. The molecule has 0 radical (unpaired) electrons.